The lowest BCUT2D eigenvalue weighted by Gasteiger charge is -2.20. The number of alkyl carbamates (subject to hydrolysis) is 1. The summed E-state index contributed by atoms with van der Waals surface area (Å²) in [5.74, 6) is 0.665. The molecule has 2 heterocycles. The highest BCUT2D eigenvalue weighted by Gasteiger charge is 2.34. The Balaban J connectivity index is 1.84. The van der Waals surface area contributed by atoms with E-state index < -0.39 is 23.4 Å². The summed E-state index contributed by atoms with van der Waals surface area (Å²) in [6, 6.07) is 5.34. The Kier molecular flexibility index (Phi) is 6.32. The second-order valence-corrected chi connectivity index (χ2v) is 7.86. The molecule has 0 saturated heterocycles. The number of alkyl halides is 3. The maximum atomic E-state index is 13.7. The van der Waals surface area contributed by atoms with Crippen molar-refractivity contribution in [1.82, 2.24) is 30.0 Å². The number of benzene rings is 1. The number of amides is 1. The summed E-state index contributed by atoms with van der Waals surface area (Å²) in [6.07, 6.45) is -2.55. The van der Waals surface area contributed by atoms with Crippen molar-refractivity contribution in [2.45, 2.75) is 39.1 Å². The third-order valence-electron chi connectivity index (χ3n) is 4.02. The molecule has 0 aliphatic rings. The average molecular weight is 449 g/mol. The van der Waals surface area contributed by atoms with Gasteiger partial charge in [0.2, 0.25) is 5.95 Å². The van der Waals surface area contributed by atoms with Gasteiger partial charge in [0, 0.05) is 31.4 Å². The Hall–Kier alpha value is -3.70. The van der Waals surface area contributed by atoms with Gasteiger partial charge in [-0.15, -0.1) is 0 Å². The van der Waals surface area contributed by atoms with Gasteiger partial charge in [0.05, 0.1) is 5.56 Å². The molecule has 2 N–H and O–H groups in total. The fourth-order valence-electron chi connectivity index (χ4n) is 2.71. The number of hydrogen-bond acceptors (Lipinski definition) is 7. The number of carbonyl (C=O) groups excluding carboxylic acids is 1. The molecule has 0 radical (unpaired) electrons. The molecule has 0 fully saturated rings. The highest BCUT2D eigenvalue weighted by atomic mass is 19.4. The molecule has 0 bridgehead atoms. The predicted octanol–water partition coefficient (Wildman–Crippen LogP) is 4.06. The predicted molar refractivity (Wildman–Crippen MR) is 110 cm³/mol. The molecular formula is C20H22F3N7O2. The number of rotatable bonds is 5. The topological polar surface area (TPSA) is 107 Å². The van der Waals surface area contributed by atoms with Gasteiger partial charge in [0.25, 0.3) is 0 Å². The van der Waals surface area contributed by atoms with E-state index in [0.717, 1.165) is 6.07 Å². The summed E-state index contributed by atoms with van der Waals surface area (Å²) in [5.41, 5.74) is -1.65. The summed E-state index contributed by atoms with van der Waals surface area (Å²) in [7, 11) is 1.74. The monoisotopic (exact) mass is 449 g/mol. The lowest BCUT2D eigenvalue weighted by molar-refractivity contribution is -0.138. The van der Waals surface area contributed by atoms with Crippen molar-refractivity contribution in [2.24, 2.45) is 7.05 Å². The molecule has 12 heteroatoms. The molecule has 2 aromatic heterocycles. The van der Waals surface area contributed by atoms with Gasteiger partial charge in [-0.05, 0) is 32.4 Å². The number of nitrogens with one attached hydrogen (secondary N) is 2. The van der Waals surface area contributed by atoms with Gasteiger partial charge in [0.15, 0.2) is 11.6 Å². The summed E-state index contributed by atoms with van der Waals surface area (Å²) in [5, 5.41) is 9.34. The summed E-state index contributed by atoms with van der Waals surface area (Å²) < 4.78 is 47.7. The minimum absolute atomic E-state index is 0.0515. The highest BCUT2D eigenvalue weighted by Crippen LogP contribution is 2.34. The average Bonchev–Trinajstić information content (AvgIpc) is 3.09. The van der Waals surface area contributed by atoms with Gasteiger partial charge in [-0.25, -0.2) is 14.8 Å². The first-order valence-corrected chi connectivity index (χ1v) is 9.54. The molecule has 0 spiro atoms. The fraction of sp³-hybridized carbons (Fsp3) is 0.350. The second kappa shape index (κ2) is 8.81. The van der Waals surface area contributed by atoms with Crippen molar-refractivity contribution in [3.05, 3.63) is 47.9 Å². The van der Waals surface area contributed by atoms with Crippen LogP contribution in [0.3, 0.4) is 0 Å². The smallest absolute Gasteiger partial charge is 0.416 e. The molecule has 3 aromatic rings. The van der Waals surface area contributed by atoms with Crippen LogP contribution in [0.2, 0.25) is 0 Å². The molecule has 0 aliphatic carbocycles. The zero-order valence-electron chi connectivity index (χ0n) is 17.9. The molecule has 170 valence electrons. The van der Waals surface area contributed by atoms with Crippen molar-refractivity contribution in [2.75, 3.05) is 5.32 Å². The molecule has 0 atom stereocenters. The lowest BCUT2D eigenvalue weighted by Crippen LogP contribution is -2.32. The van der Waals surface area contributed by atoms with E-state index in [1.807, 2.05) is 0 Å². The third kappa shape index (κ3) is 6.15. The molecule has 32 heavy (non-hydrogen) atoms. The van der Waals surface area contributed by atoms with E-state index in [1.165, 1.54) is 18.5 Å². The van der Waals surface area contributed by atoms with E-state index in [2.05, 4.69) is 30.7 Å². The van der Waals surface area contributed by atoms with Crippen LogP contribution in [0.5, 0.6) is 0 Å². The van der Waals surface area contributed by atoms with Crippen molar-refractivity contribution in [3.63, 3.8) is 0 Å². The Morgan fingerprint density at radius 1 is 1.16 bits per heavy atom. The maximum Gasteiger partial charge on any atom is 0.416 e. The zero-order valence-corrected chi connectivity index (χ0v) is 17.9. The number of hydrogen-bond donors (Lipinski definition) is 2. The van der Waals surface area contributed by atoms with Crippen LogP contribution in [-0.4, -0.2) is 36.4 Å². The standard InChI is InChI=1S/C20H22F3N7O2/c1-19(2,3)32-18(31)24-10-13-6-5-12(9-14(13)20(21,22)23)16-25-11-26-17(28-16)27-15-7-8-30(4)29-15/h5-9,11H,10H2,1-4H3,(H,24,31)(H,25,26,27,28,29). The maximum absolute atomic E-state index is 13.7. The van der Waals surface area contributed by atoms with Crippen molar-refractivity contribution < 1.29 is 22.7 Å². The van der Waals surface area contributed by atoms with Crippen molar-refractivity contribution in [3.8, 4) is 11.4 Å². The van der Waals surface area contributed by atoms with Gasteiger partial charge in [-0.2, -0.15) is 23.3 Å². The van der Waals surface area contributed by atoms with Crippen LogP contribution >= 0.6 is 0 Å². The number of ether oxygens (including phenoxy) is 1. The Morgan fingerprint density at radius 2 is 1.91 bits per heavy atom. The number of carbonyl (C=O) groups is 1. The molecule has 0 aliphatic heterocycles. The van der Waals surface area contributed by atoms with Crippen LogP contribution < -0.4 is 10.6 Å². The number of nitrogens with zero attached hydrogens (tertiary/aromatic N) is 5. The van der Waals surface area contributed by atoms with Crippen molar-refractivity contribution >= 4 is 17.9 Å². The molecule has 0 saturated carbocycles. The molecule has 9 nitrogen and oxygen atoms in total. The first-order chi connectivity index (χ1) is 14.9. The number of aryl methyl sites for hydroxylation is 1. The number of anilines is 2. The molecule has 3 rings (SSSR count). The van der Waals surface area contributed by atoms with Gasteiger partial charge in [-0.3, -0.25) is 4.68 Å². The lowest BCUT2D eigenvalue weighted by atomic mass is 10.0. The van der Waals surface area contributed by atoms with Gasteiger partial charge >= 0.3 is 12.3 Å². The summed E-state index contributed by atoms with van der Waals surface area (Å²) in [6.45, 7) is 4.63. The Labute approximate surface area is 182 Å². The van der Waals surface area contributed by atoms with E-state index in [-0.39, 0.29) is 29.4 Å². The summed E-state index contributed by atoms with van der Waals surface area (Å²) in [4.78, 5) is 23.9. The van der Waals surface area contributed by atoms with Gasteiger partial charge in [0.1, 0.15) is 11.9 Å². The van der Waals surface area contributed by atoms with Crippen molar-refractivity contribution in [1.29, 1.82) is 0 Å². The van der Waals surface area contributed by atoms with Gasteiger partial charge in [-0.1, -0.05) is 12.1 Å². The molecule has 1 amide bonds. The fourth-order valence-corrected chi connectivity index (χ4v) is 2.71. The SMILES string of the molecule is Cn1ccc(Nc2ncnc(-c3ccc(CNC(=O)OC(C)(C)C)c(C(F)(F)F)c3)n2)n1. The first-order valence-electron chi connectivity index (χ1n) is 9.54. The van der Waals surface area contributed by atoms with Crippen LogP contribution in [-0.2, 0) is 24.5 Å². The van der Waals surface area contributed by atoms with E-state index in [0.29, 0.717) is 5.82 Å². The zero-order chi connectivity index (χ0) is 23.5. The first kappa shape index (κ1) is 23.0. The minimum atomic E-state index is -4.65. The van der Waals surface area contributed by atoms with Crippen LogP contribution in [0, 0.1) is 0 Å². The van der Waals surface area contributed by atoms with E-state index in [4.69, 9.17) is 4.74 Å². The number of halogens is 3. The second-order valence-electron chi connectivity index (χ2n) is 7.86. The van der Waals surface area contributed by atoms with E-state index in [9.17, 15) is 18.0 Å². The Bertz CT molecular complexity index is 1110. The molecule has 1 aromatic carbocycles. The van der Waals surface area contributed by atoms with Crippen LogP contribution in [0.15, 0.2) is 36.8 Å². The third-order valence-corrected chi connectivity index (χ3v) is 4.02. The van der Waals surface area contributed by atoms with E-state index >= 15 is 0 Å². The van der Waals surface area contributed by atoms with E-state index in [1.54, 1.807) is 44.8 Å². The van der Waals surface area contributed by atoms with Crippen LogP contribution in [0.4, 0.5) is 29.7 Å². The van der Waals surface area contributed by atoms with Crippen LogP contribution in [0.1, 0.15) is 31.9 Å². The molecular weight excluding hydrogens is 427 g/mol. The largest absolute Gasteiger partial charge is 0.444 e. The highest BCUT2D eigenvalue weighted by molar-refractivity contribution is 5.68. The number of aromatic nitrogens is 5. The summed E-state index contributed by atoms with van der Waals surface area (Å²) >= 11 is 0. The Morgan fingerprint density at radius 3 is 2.53 bits per heavy atom. The van der Waals surface area contributed by atoms with Gasteiger partial charge < -0.3 is 15.4 Å². The van der Waals surface area contributed by atoms with Crippen LogP contribution in [0.25, 0.3) is 11.4 Å². The minimum Gasteiger partial charge on any atom is -0.444 e. The quantitative estimate of drug-likeness (QED) is 0.605. The normalized spacial score (nSPS) is 11.8. The molecule has 0 unspecified atom stereocenters.